The molecule has 1 fully saturated rings. The van der Waals surface area contributed by atoms with Crippen LogP contribution in [0.1, 0.15) is 44.2 Å². The van der Waals surface area contributed by atoms with Crippen molar-refractivity contribution in [1.82, 2.24) is 4.90 Å². The Labute approximate surface area is 128 Å². The van der Waals surface area contributed by atoms with E-state index < -0.39 is 0 Å². The van der Waals surface area contributed by atoms with Crippen LogP contribution in [0.15, 0.2) is 18.2 Å². The van der Waals surface area contributed by atoms with Gasteiger partial charge in [0.25, 0.3) is 0 Å². The zero-order chi connectivity index (χ0) is 15.2. The van der Waals surface area contributed by atoms with Crippen molar-refractivity contribution < 1.29 is 4.74 Å². The summed E-state index contributed by atoms with van der Waals surface area (Å²) in [6.07, 6.45) is 3.89. The fourth-order valence-electron chi connectivity index (χ4n) is 3.12. The number of methoxy groups -OCH3 is 1. The lowest BCUT2D eigenvalue weighted by Crippen LogP contribution is -2.43. The second-order valence-electron chi connectivity index (χ2n) is 5.83. The number of benzene rings is 1. The summed E-state index contributed by atoms with van der Waals surface area (Å²) in [6.45, 7) is 5.95. The summed E-state index contributed by atoms with van der Waals surface area (Å²) in [6, 6.07) is 7.38. The van der Waals surface area contributed by atoms with E-state index in [1.165, 1.54) is 24.8 Å². The van der Waals surface area contributed by atoms with E-state index in [2.05, 4.69) is 36.7 Å². The van der Waals surface area contributed by atoms with Crippen molar-refractivity contribution in [3.8, 4) is 17.6 Å². The summed E-state index contributed by atoms with van der Waals surface area (Å²) < 4.78 is 5.52. The molecule has 0 radical (unpaired) electrons. The van der Waals surface area contributed by atoms with Crippen LogP contribution in [0.2, 0.25) is 0 Å². The van der Waals surface area contributed by atoms with Gasteiger partial charge in [0, 0.05) is 29.8 Å². The molecule has 3 nitrogen and oxygen atoms in total. The van der Waals surface area contributed by atoms with Gasteiger partial charge in [0.2, 0.25) is 0 Å². The monoisotopic (exact) mass is 286 g/mol. The molecule has 1 aliphatic heterocycles. The van der Waals surface area contributed by atoms with Gasteiger partial charge in [-0.3, -0.25) is 4.90 Å². The Bertz CT molecular complexity index is 520. The number of hydrogen-bond acceptors (Lipinski definition) is 3. The third-order valence-corrected chi connectivity index (χ3v) is 4.34. The van der Waals surface area contributed by atoms with E-state index in [1.807, 2.05) is 12.1 Å². The standard InChI is InChI=1S/C18H26N2O/c1-14-6-4-7-15(2)20(14)13-17-12-16(8-5-11-19)9-10-18(17)21-3/h9-10,12,14-15H,4,6-7,11,13,19H2,1-3H3. The fourth-order valence-corrected chi connectivity index (χ4v) is 3.12. The molecule has 0 saturated carbocycles. The molecular weight excluding hydrogens is 260 g/mol. The number of ether oxygens (including phenoxy) is 1. The molecule has 2 atom stereocenters. The Morgan fingerprint density at radius 3 is 2.62 bits per heavy atom. The van der Waals surface area contributed by atoms with Crippen LogP contribution in [-0.4, -0.2) is 30.6 Å². The van der Waals surface area contributed by atoms with Gasteiger partial charge < -0.3 is 10.5 Å². The lowest BCUT2D eigenvalue weighted by Gasteiger charge is -2.39. The van der Waals surface area contributed by atoms with Gasteiger partial charge in [-0.25, -0.2) is 0 Å². The second kappa shape index (κ2) is 7.49. The lowest BCUT2D eigenvalue weighted by molar-refractivity contribution is 0.0943. The van der Waals surface area contributed by atoms with E-state index in [0.717, 1.165) is 17.9 Å². The molecule has 0 spiro atoms. The normalized spacial score (nSPS) is 22.5. The smallest absolute Gasteiger partial charge is 0.123 e. The summed E-state index contributed by atoms with van der Waals surface area (Å²) in [5.41, 5.74) is 7.67. The molecule has 0 bridgehead atoms. The topological polar surface area (TPSA) is 38.5 Å². The summed E-state index contributed by atoms with van der Waals surface area (Å²) in [4.78, 5) is 2.57. The van der Waals surface area contributed by atoms with Crippen LogP contribution in [0.3, 0.4) is 0 Å². The average Bonchev–Trinajstić information content (AvgIpc) is 2.49. The highest BCUT2D eigenvalue weighted by Crippen LogP contribution is 2.28. The first-order valence-corrected chi connectivity index (χ1v) is 7.77. The molecule has 2 rings (SSSR count). The maximum absolute atomic E-state index is 5.52. The quantitative estimate of drug-likeness (QED) is 0.868. The van der Waals surface area contributed by atoms with Gasteiger partial charge >= 0.3 is 0 Å². The van der Waals surface area contributed by atoms with Gasteiger partial charge in [0.05, 0.1) is 13.7 Å². The number of rotatable bonds is 3. The summed E-state index contributed by atoms with van der Waals surface area (Å²) >= 11 is 0. The van der Waals surface area contributed by atoms with E-state index >= 15 is 0 Å². The van der Waals surface area contributed by atoms with Crippen LogP contribution in [0.5, 0.6) is 5.75 Å². The van der Waals surface area contributed by atoms with Crippen LogP contribution in [0.25, 0.3) is 0 Å². The first-order chi connectivity index (χ1) is 10.2. The van der Waals surface area contributed by atoms with Crippen LogP contribution in [-0.2, 0) is 6.54 Å². The summed E-state index contributed by atoms with van der Waals surface area (Å²) in [5.74, 6) is 6.96. The maximum atomic E-state index is 5.52. The van der Waals surface area contributed by atoms with Gasteiger partial charge in [-0.15, -0.1) is 0 Å². The summed E-state index contributed by atoms with van der Waals surface area (Å²) in [5, 5.41) is 0. The predicted octanol–water partition coefficient (Wildman–Crippen LogP) is 2.77. The zero-order valence-electron chi connectivity index (χ0n) is 13.4. The molecule has 2 unspecified atom stereocenters. The van der Waals surface area contributed by atoms with Crippen molar-refractivity contribution in [1.29, 1.82) is 0 Å². The Morgan fingerprint density at radius 1 is 1.29 bits per heavy atom. The second-order valence-corrected chi connectivity index (χ2v) is 5.83. The zero-order valence-corrected chi connectivity index (χ0v) is 13.4. The average molecular weight is 286 g/mol. The molecule has 0 aromatic heterocycles. The van der Waals surface area contributed by atoms with Gasteiger partial charge in [-0.2, -0.15) is 0 Å². The molecule has 2 N–H and O–H groups in total. The minimum atomic E-state index is 0.390. The highest BCUT2D eigenvalue weighted by molar-refractivity contribution is 5.44. The fraction of sp³-hybridized carbons (Fsp3) is 0.556. The predicted molar refractivity (Wildman–Crippen MR) is 87.2 cm³/mol. The molecule has 114 valence electrons. The van der Waals surface area contributed by atoms with Crippen LogP contribution >= 0.6 is 0 Å². The first-order valence-electron chi connectivity index (χ1n) is 7.77. The molecular formula is C18H26N2O. The molecule has 1 aromatic rings. The van der Waals surface area contributed by atoms with Crippen molar-refractivity contribution in [3.63, 3.8) is 0 Å². The molecule has 21 heavy (non-hydrogen) atoms. The van der Waals surface area contributed by atoms with E-state index in [4.69, 9.17) is 10.5 Å². The lowest BCUT2D eigenvalue weighted by atomic mass is 9.96. The molecule has 3 heteroatoms. The van der Waals surface area contributed by atoms with Crippen molar-refractivity contribution in [2.45, 2.75) is 51.7 Å². The first kappa shape index (κ1) is 15.9. The largest absolute Gasteiger partial charge is 0.496 e. The number of likely N-dealkylation sites (tertiary alicyclic amines) is 1. The third-order valence-electron chi connectivity index (χ3n) is 4.34. The van der Waals surface area contributed by atoms with Gasteiger partial charge in [-0.05, 0) is 44.9 Å². The van der Waals surface area contributed by atoms with Crippen LogP contribution < -0.4 is 10.5 Å². The molecule has 1 heterocycles. The van der Waals surface area contributed by atoms with Gasteiger partial charge in [-0.1, -0.05) is 18.3 Å². The third kappa shape index (κ3) is 4.00. The number of hydrogen-bond donors (Lipinski definition) is 1. The minimum absolute atomic E-state index is 0.390. The SMILES string of the molecule is COc1ccc(C#CCN)cc1CN1C(C)CCCC1C. The molecule has 1 aliphatic rings. The van der Waals surface area contributed by atoms with Crippen molar-refractivity contribution in [2.24, 2.45) is 5.73 Å². The van der Waals surface area contributed by atoms with E-state index in [1.54, 1.807) is 7.11 Å². The number of nitrogens with two attached hydrogens (primary N) is 1. The van der Waals surface area contributed by atoms with E-state index in [0.29, 0.717) is 18.6 Å². The molecule has 1 saturated heterocycles. The number of nitrogens with zero attached hydrogens (tertiary/aromatic N) is 1. The Hall–Kier alpha value is -1.50. The van der Waals surface area contributed by atoms with Crippen LogP contribution in [0.4, 0.5) is 0 Å². The Balaban J connectivity index is 2.24. The van der Waals surface area contributed by atoms with E-state index in [-0.39, 0.29) is 0 Å². The van der Waals surface area contributed by atoms with Crippen LogP contribution in [0, 0.1) is 11.8 Å². The minimum Gasteiger partial charge on any atom is -0.496 e. The molecule has 1 aromatic carbocycles. The van der Waals surface area contributed by atoms with Crippen molar-refractivity contribution in [2.75, 3.05) is 13.7 Å². The molecule has 0 aliphatic carbocycles. The Kier molecular flexibility index (Phi) is 5.67. The van der Waals surface area contributed by atoms with Gasteiger partial charge in [0.15, 0.2) is 0 Å². The van der Waals surface area contributed by atoms with Gasteiger partial charge in [0.1, 0.15) is 5.75 Å². The van der Waals surface area contributed by atoms with Crippen molar-refractivity contribution in [3.05, 3.63) is 29.3 Å². The summed E-state index contributed by atoms with van der Waals surface area (Å²) in [7, 11) is 1.73. The molecule has 0 amide bonds. The maximum Gasteiger partial charge on any atom is 0.123 e. The van der Waals surface area contributed by atoms with E-state index in [9.17, 15) is 0 Å². The highest BCUT2D eigenvalue weighted by atomic mass is 16.5. The number of piperidine rings is 1. The highest BCUT2D eigenvalue weighted by Gasteiger charge is 2.25. The Morgan fingerprint density at radius 2 is 2.00 bits per heavy atom. The van der Waals surface area contributed by atoms with Crippen molar-refractivity contribution >= 4 is 0 Å².